The maximum atomic E-state index is 13.3. The van der Waals surface area contributed by atoms with E-state index in [1.807, 2.05) is 44.2 Å². The number of carbonyl (C=O) groups is 2. The van der Waals surface area contributed by atoms with Crippen molar-refractivity contribution in [2.24, 2.45) is 0 Å². The highest BCUT2D eigenvalue weighted by atomic mass is 35.5. The number of aryl methyl sites for hydroxylation is 1. The smallest absolute Gasteiger partial charge is 0.242 e. The Morgan fingerprint density at radius 1 is 1.06 bits per heavy atom. The molecule has 0 saturated carbocycles. The molecule has 0 bridgehead atoms. The fraction of sp³-hybridized carbons (Fsp3) is 0.440. The van der Waals surface area contributed by atoms with Crippen LogP contribution in [-0.2, 0) is 21.9 Å². The predicted molar refractivity (Wildman–Crippen MR) is 136 cm³/mol. The van der Waals surface area contributed by atoms with E-state index in [0.717, 1.165) is 29.5 Å². The Morgan fingerprint density at radius 2 is 1.84 bits per heavy atom. The van der Waals surface area contributed by atoms with Crippen LogP contribution in [0.4, 0.5) is 0 Å². The van der Waals surface area contributed by atoms with Gasteiger partial charge in [0.15, 0.2) is 0 Å². The first-order valence-corrected chi connectivity index (χ1v) is 12.9. The number of rotatable bonds is 12. The normalized spacial score (nSPS) is 11.8. The monoisotopic (exact) mass is 494 g/mol. The molecule has 0 aliphatic rings. The van der Waals surface area contributed by atoms with Crippen molar-refractivity contribution in [1.82, 2.24) is 10.2 Å². The Hall–Kier alpha value is -1.69. The zero-order valence-electron chi connectivity index (χ0n) is 19.0. The van der Waals surface area contributed by atoms with E-state index in [2.05, 4.69) is 18.3 Å². The minimum Gasteiger partial charge on any atom is -0.354 e. The molecule has 2 amide bonds. The summed E-state index contributed by atoms with van der Waals surface area (Å²) in [5.74, 6) is 0.788. The van der Waals surface area contributed by atoms with Gasteiger partial charge in [-0.2, -0.15) is 0 Å². The van der Waals surface area contributed by atoms with E-state index < -0.39 is 6.04 Å². The van der Waals surface area contributed by atoms with Crippen LogP contribution in [0.5, 0.6) is 0 Å². The Kier molecular flexibility index (Phi) is 11.4. The summed E-state index contributed by atoms with van der Waals surface area (Å²) in [6.07, 6.45) is 2.49. The number of nitrogens with one attached hydrogen (secondary N) is 1. The molecule has 0 fully saturated rings. The maximum absolute atomic E-state index is 13.3. The van der Waals surface area contributed by atoms with Crippen LogP contribution in [0.25, 0.3) is 0 Å². The summed E-state index contributed by atoms with van der Waals surface area (Å²) >= 11 is 13.6. The second-order valence-corrected chi connectivity index (χ2v) is 9.62. The van der Waals surface area contributed by atoms with E-state index in [4.69, 9.17) is 23.2 Å². The van der Waals surface area contributed by atoms with Gasteiger partial charge < -0.3 is 10.2 Å². The topological polar surface area (TPSA) is 49.4 Å². The molecule has 0 aliphatic heterocycles. The third-order valence-corrected chi connectivity index (χ3v) is 6.86. The van der Waals surface area contributed by atoms with Crippen LogP contribution in [0.15, 0.2) is 42.5 Å². The lowest BCUT2D eigenvalue weighted by atomic mass is 10.1. The van der Waals surface area contributed by atoms with Crippen molar-refractivity contribution in [1.29, 1.82) is 0 Å². The van der Waals surface area contributed by atoms with Gasteiger partial charge >= 0.3 is 0 Å². The van der Waals surface area contributed by atoms with E-state index in [1.165, 1.54) is 11.8 Å². The molecule has 2 aromatic carbocycles. The zero-order chi connectivity index (χ0) is 23.5. The van der Waals surface area contributed by atoms with Gasteiger partial charge in [0.05, 0.1) is 15.8 Å². The predicted octanol–water partition coefficient (Wildman–Crippen LogP) is 6.26. The van der Waals surface area contributed by atoms with Gasteiger partial charge in [0.1, 0.15) is 6.04 Å². The maximum Gasteiger partial charge on any atom is 0.242 e. The van der Waals surface area contributed by atoms with Crippen LogP contribution < -0.4 is 5.32 Å². The summed E-state index contributed by atoms with van der Waals surface area (Å²) < 4.78 is 0. The lowest BCUT2D eigenvalue weighted by Gasteiger charge is -2.30. The van der Waals surface area contributed by atoms with E-state index in [-0.39, 0.29) is 17.6 Å². The van der Waals surface area contributed by atoms with Crippen LogP contribution in [0, 0.1) is 6.92 Å². The fourth-order valence-corrected chi connectivity index (χ4v) is 4.58. The molecule has 0 heterocycles. The number of amides is 2. The van der Waals surface area contributed by atoms with Gasteiger partial charge in [-0.15, -0.1) is 11.8 Å². The molecule has 1 atom stereocenters. The highest BCUT2D eigenvalue weighted by Gasteiger charge is 2.28. The van der Waals surface area contributed by atoms with Crippen LogP contribution in [0.1, 0.15) is 49.8 Å². The van der Waals surface area contributed by atoms with E-state index >= 15 is 0 Å². The summed E-state index contributed by atoms with van der Waals surface area (Å²) in [6.45, 7) is 7.10. The average molecular weight is 496 g/mol. The van der Waals surface area contributed by atoms with Crippen LogP contribution in [-0.4, -0.2) is 35.1 Å². The molecule has 0 spiro atoms. The number of benzene rings is 2. The molecule has 4 nitrogen and oxygen atoms in total. The highest BCUT2D eigenvalue weighted by molar-refractivity contribution is 7.99. The minimum atomic E-state index is -0.495. The Morgan fingerprint density at radius 3 is 2.50 bits per heavy atom. The van der Waals surface area contributed by atoms with Crippen molar-refractivity contribution < 1.29 is 9.59 Å². The third kappa shape index (κ3) is 8.34. The SMILES string of the molecule is CCCCNC(=O)C(CC)N(Cc1cccc(C)c1)C(=O)CSCc1ccc(Cl)c(Cl)c1. The average Bonchev–Trinajstić information content (AvgIpc) is 2.76. The van der Waals surface area contributed by atoms with Gasteiger partial charge in [0.2, 0.25) is 11.8 Å². The molecule has 1 unspecified atom stereocenters. The number of unbranched alkanes of at least 4 members (excludes halogenated alkanes) is 1. The molecule has 7 heteroatoms. The summed E-state index contributed by atoms with van der Waals surface area (Å²) in [5.41, 5.74) is 3.16. The molecule has 0 saturated heterocycles. The molecular weight excluding hydrogens is 463 g/mol. The molecule has 1 N–H and O–H groups in total. The van der Waals surface area contributed by atoms with Gasteiger partial charge in [0, 0.05) is 18.8 Å². The molecule has 0 aliphatic carbocycles. The number of nitrogens with zero attached hydrogens (tertiary/aromatic N) is 1. The van der Waals surface area contributed by atoms with Crippen molar-refractivity contribution >= 4 is 46.8 Å². The number of thioether (sulfide) groups is 1. The van der Waals surface area contributed by atoms with Gasteiger partial charge in [-0.1, -0.05) is 79.4 Å². The summed E-state index contributed by atoms with van der Waals surface area (Å²) in [7, 11) is 0. The third-order valence-electron chi connectivity index (χ3n) is 5.13. The Bertz CT molecular complexity index is 907. The summed E-state index contributed by atoms with van der Waals surface area (Å²) in [6, 6.07) is 13.1. The van der Waals surface area contributed by atoms with Gasteiger partial charge in [-0.3, -0.25) is 9.59 Å². The summed E-state index contributed by atoms with van der Waals surface area (Å²) in [4.78, 5) is 27.9. The number of hydrogen-bond acceptors (Lipinski definition) is 3. The van der Waals surface area contributed by atoms with Crippen molar-refractivity contribution in [2.75, 3.05) is 12.3 Å². The molecule has 32 heavy (non-hydrogen) atoms. The summed E-state index contributed by atoms with van der Waals surface area (Å²) in [5, 5.41) is 4.01. The van der Waals surface area contributed by atoms with Crippen LogP contribution in [0.2, 0.25) is 10.0 Å². The Balaban J connectivity index is 2.11. The van der Waals surface area contributed by atoms with Crippen molar-refractivity contribution in [2.45, 2.75) is 58.4 Å². The molecule has 2 aromatic rings. The van der Waals surface area contributed by atoms with Gasteiger partial charge in [0.25, 0.3) is 0 Å². The van der Waals surface area contributed by atoms with E-state index in [0.29, 0.717) is 35.3 Å². The van der Waals surface area contributed by atoms with E-state index in [1.54, 1.807) is 11.0 Å². The number of carbonyl (C=O) groups excluding carboxylic acids is 2. The number of halogens is 2. The lowest BCUT2D eigenvalue weighted by Crippen LogP contribution is -2.49. The van der Waals surface area contributed by atoms with Crippen LogP contribution in [0.3, 0.4) is 0 Å². The van der Waals surface area contributed by atoms with Crippen molar-refractivity contribution in [3.05, 3.63) is 69.2 Å². The molecule has 174 valence electrons. The van der Waals surface area contributed by atoms with Crippen LogP contribution >= 0.6 is 35.0 Å². The molecule has 0 aromatic heterocycles. The van der Waals surface area contributed by atoms with Crippen molar-refractivity contribution in [3.8, 4) is 0 Å². The number of hydrogen-bond donors (Lipinski definition) is 1. The fourth-order valence-electron chi connectivity index (χ4n) is 3.40. The van der Waals surface area contributed by atoms with Gasteiger partial charge in [-0.05, 0) is 43.0 Å². The first kappa shape index (κ1) is 26.6. The molecular formula is C25H32Cl2N2O2S. The highest BCUT2D eigenvalue weighted by Crippen LogP contribution is 2.25. The van der Waals surface area contributed by atoms with Gasteiger partial charge in [-0.25, -0.2) is 0 Å². The first-order valence-electron chi connectivity index (χ1n) is 11.0. The second kappa shape index (κ2) is 13.8. The molecule has 2 rings (SSSR count). The second-order valence-electron chi connectivity index (χ2n) is 7.82. The minimum absolute atomic E-state index is 0.0472. The quantitative estimate of drug-likeness (QED) is 0.354. The Labute approximate surface area is 206 Å². The van der Waals surface area contributed by atoms with E-state index in [9.17, 15) is 9.59 Å². The molecule has 0 radical (unpaired) electrons. The first-order chi connectivity index (χ1) is 15.3. The lowest BCUT2D eigenvalue weighted by molar-refractivity contribution is -0.139. The van der Waals surface area contributed by atoms with Crippen molar-refractivity contribution in [3.63, 3.8) is 0 Å². The largest absolute Gasteiger partial charge is 0.354 e. The zero-order valence-corrected chi connectivity index (χ0v) is 21.3. The standard InChI is InChI=1S/C25H32Cl2N2O2S/c1-4-6-12-28-25(31)23(5-2)29(15-19-9-7-8-18(3)13-19)24(30)17-32-16-20-10-11-21(26)22(27)14-20/h7-11,13-14,23H,4-6,12,15-17H2,1-3H3,(H,28,31).